The highest BCUT2D eigenvalue weighted by atomic mass is 35.5. The Morgan fingerprint density at radius 1 is 1.53 bits per heavy atom. The molecule has 0 aromatic heterocycles. The van der Waals surface area contributed by atoms with Gasteiger partial charge in [0.1, 0.15) is 0 Å². The average molecular weight is 280 g/mol. The van der Waals surface area contributed by atoms with E-state index in [1.807, 2.05) is 25.1 Å². The van der Waals surface area contributed by atoms with Crippen LogP contribution in [-0.2, 0) is 4.79 Å². The molecule has 1 aliphatic heterocycles. The molecule has 0 saturated carbocycles. The first-order valence-corrected chi connectivity index (χ1v) is 6.85. The van der Waals surface area contributed by atoms with Gasteiger partial charge in [-0.3, -0.25) is 4.79 Å². The van der Waals surface area contributed by atoms with Crippen LogP contribution in [0, 0.1) is 6.92 Å². The first-order chi connectivity index (χ1) is 9.06. The summed E-state index contributed by atoms with van der Waals surface area (Å²) < 4.78 is 0. The number of nitrogens with zero attached hydrogens (tertiary/aromatic N) is 1. The second-order valence-corrected chi connectivity index (χ2v) is 5.33. The summed E-state index contributed by atoms with van der Waals surface area (Å²) in [6, 6.07) is 5.69. The minimum Gasteiger partial charge on any atom is -0.391 e. The maximum atomic E-state index is 12.0. The van der Waals surface area contributed by atoms with Gasteiger partial charge in [0, 0.05) is 24.2 Å². The summed E-state index contributed by atoms with van der Waals surface area (Å²) in [6.45, 7) is 3.09. The van der Waals surface area contributed by atoms with E-state index in [0.717, 1.165) is 30.5 Å². The van der Waals surface area contributed by atoms with Crippen molar-refractivity contribution in [1.29, 1.82) is 0 Å². The van der Waals surface area contributed by atoms with Gasteiger partial charge >= 0.3 is 0 Å². The highest BCUT2D eigenvalue weighted by Gasteiger charge is 2.20. The Kier molecular flexibility index (Phi) is 4.61. The van der Waals surface area contributed by atoms with Gasteiger partial charge in [-0.15, -0.1) is 0 Å². The summed E-state index contributed by atoms with van der Waals surface area (Å²) >= 11 is 6.03. The fraction of sp³-hybridized carbons (Fsp3) is 0.400. The van der Waals surface area contributed by atoms with Gasteiger partial charge in [0.15, 0.2) is 0 Å². The van der Waals surface area contributed by atoms with E-state index in [1.54, 1.807) is 17.1 Å². The van der Waals surface area contributed by atoms with E-state index in [-0.39, 0.29) is 12.0 Å². The molecule has 0 radical (unpaired) electrons. The molecule has 1 amide bonds. The van der Waals surface area contributed by atoms with Crippen LogP contribution in [0.2, 0.25) is 5.02 Å². The van der Waals surface area contributed by atoms with Gasteiger partial charge in [-0.1, -0.05) is 23.7 Å². The summed E-state index contributed by atoms with van der Waals surface area (Å²) in [5, 5.41) is 10.2. The van der Waals surface area contributed by atoms with Gasteiger partial charge in [-0.2, -0.15) is 0 Å². The number of hydrogen-bond donors (Lipinski definition) is 1. The number of rotatable bonds is 2. The molecule has 0 unspecified atom stereocenters. The van der Waals surface area contributed by atoms with E-state index in [0.29, 0.717) is 11.6 Å². The zero-order chi connectivity index (χ0) is 13.8. The van der Waals surface area contributed by atoms with E-state index >= 15 is 0 Å². The van der Waals surface area contributed by atoms with Gasteiger partial charge in [-0.25, -0.2) is 0 Å². The Bertz CT molecular complexity index is 499. The van der Waals surface area contributed by atoms with Gasteiger partial charge in [-0.05, 0) is 43.0 Å². The number of aliphatic hydroxyl groups excluding tert-OH is 1. The van der Waals surface area contributed by atoms with E-state index in [4.69, 9.17) is 11.6 Å². The Balaban J connectivity index is 2.01. The quantitative estimate of drug-likeness (QED) is 0.846. The van der Waals surface area contributed by atoms with Crippen LogP contribution in [0.4, 0.5) is 0 Å². The normalized spacial score (nSPS) is 19.9. The maximum Gasteiger partial charge on any atom is 0.246 e. The second kappa shape index (κ2) is 6.22. The molecule has 2 rings (SSSR count). The smallest absolute Gasteiger partial charge is 0.246 e. The number of amides is 1. The monoisotopic (exact) mass is 279 g/mol. The van der Waals surface area contributed by atoms with Gasteiger partial charge in [0.05, 0.1) is 6.10 Å². The summed E-state index contributed by atoms with van der Waals surface area (Å²) in [6.07, 6.45) is 4.55. The predicted octanol–water partition coefficient (Wildman–Crippen LogP) is 2.64. The number of aliphatic hydroxyl groups is 1. The third-order valence-corrected chi connectivity index (χ3v) is 3.73. The molecule has 4 heteroatoms. The Morgan fingerprint density at radius 3 is 3.00 bits per heavy atom. The lowest BCUT2D eigenvalue weighted by atomic mass is 10.1. The molecule has 1 atom stereocenters. The van der Waals surface area contributed by atoms with Crippen molar-refractivity contribution in [1.82, 2.24) is 4.90 Å². The Morgan fingerprint density at radius 2 is 2.32 bits per heavy atom. The Hall–Kier alpha value is -1.32. The van der Waals surface area contributed by atoms with Crippen molar-refractivity contribution in [2.24, 2.45) is 0 Å². The molecule has 1 N–H and O–H groups in total. The number of likely N-dealkylation sites (tertiary alicyclic amines) is 1. The molecule has 0 spiro atoms. The molecule has 1 heterocycles. The number of carbonyl (C=O) groups excluding carboxylic acids is 1. The standard InChI is InChI=1S/C15H18ClNO2/c1-11-4-5-12(9-14(11)16)6-7-15(19)17-8-2-3-13(18)10-17/h4-7,9,13,18H,2-3,8,10H2,1H3/b7-6+/t13-/m0/s1. The molecule has 102 valence electrons. The predicted molar refractivity (Wildman–Crippen MR) is 77.0 cm³/mol. The third kappa shape index (κ3) is 3.82. The van der Waals surface area contributed by atoms with Gasteiger partial charge < -0.3 is 10.0 Å². The number of benzene rings is 1. The fourth-order valence-electron chi connectivity index (χ4n) is 2.14. The van der Waals surface area contributed by atoms with Crippen molar-refractivity contribution in [3.63, 3.8) is 0 Å². The van der Waals surface area contributed by atoms with Crippen LogP contribution in [0.15, 0.2) is 24.3 Å². The Labute approximate surface area is 118 Å². The highest BCUT2D eigenvalue weighted by Crippen LogP contribution is 2.18. The summed E-state index contributed by atoms with van der Waals surface area (Å²) in [5.74, 6) is -0.0598. The van der Waals surface area contributed by atoms with Crippen molar-refractivity contribution in [2.75, 3.05) is 13.1 Å². The summed E-state index contributed by atoms with van der Waals surface area (Å²) in [7, 11) is 0. The summed E-state index contributed by atoms with van der Waals surface area (Å²) in [5.41, 5.74) is 1.92. The first kappa shape index (κ1) is 14.1. The van der Waals surface area contributed by atoms with Crippen molar-refractivity contribution in [3.05, 3.63) is 40.4 Å². The lowest BCUT2D eigenvalue weighted by Crippen LogP contribution is -2.41. The molecule has 1 fully saturated rings. The van der Waals surface area contributed by atoms with Crippen molar-refractivity contribution >= 4 is 23.6 Å². The minimum absolute atomic E-state index is 0.0598. The van der Waals surface area contributed by atoms with Crippen molar-refractivity contribution in [2.45, 2.75) is 25.9 Å². The van der Waals surface area contributed by atoms with Crippen molar-refractivity contribution < 1.29 is 9.90 Å². The zero-order valence-corrected chi connectivity index (χ0v) is 11.7. The average Bonchev–Trinajstić information content (AvgIpc) is 2.40. The third-order valence-electron chi connectivity index (χ3n) is 3.32. The lowest BCUT2D eigenvalue weighted by molar-refractivity contribution is -0.128. The van der Waals surface area contributed by atoms with Gasteiger partial charge in [0.25, 0.3) is 0 Å². The van der Waals surface area contributed by atoms with Crippen LogP contribution in [0.3, 0.4) is 0 Å². The summed E-state index contributed by atoms with van der Waals surface area (Å²) in [4.78, 5) is 13.6. The number of halogens is 1. The van der Waals surface area contributed by atoms with E-state index in [1.165, 1.54) is 0 Å². The number of β-amino-alcohol motifs (C(OH)–C–C–N with tert-alkyl or cyclic N) is 1. The fourth-order valence-corrected chi connectivity index (χ4v) is 2.33. The topological polar surface area (TPSA) is 40.5 Å². The van der Waals surface area contributed by atoms with E-state index in [9.17, 15) is 9.90 Å². The van der Waals surface area contributed by atoms with E-state index < -0.39 is 0 Å². The molecular weight excluding hydrogens is 262 g/mol. The molecule has 3 nitrogen and oxygen atoms in total. The highest BCUT2D eigenvalue weighted by molar-refractivity contribution is 6.31. The number of piperidine rings is 1. The molecular formula is C15H18ClNO2. The number of hydrogen-bond acceptors (Lipinski definition) is 2. The van der Waals surface area contributed by atoms with E-state index in [2.05, 4.69) is 0 Å². The molecule has 1 aliphatic rings. The largest absolute Gasteiger partial charge is 0.391 e. The van der Waals surface area contributed by atoms with Crippen LogP contribution in [0.5, 0.6) is 0 Å². The van der Waals surface area contributed by atoms with Crippen LogP contribution < -0.4 is 0 Å². The van der Waals surface area contributed by atoms with Crippen LogP contribution in [-0.4, -0.2) is 35.1 Å². The molecule has 1 aromatic rings. The first-order valence-electron chi connectivity index (χ1n) is 6.47. The number of carbonyl (C=O) groups is 1. The van der Waals surface area contributed by atoms with Crippen LogP contribution >= 0.6 is 11.6 Å². The van der Waals surface area contributed by atoms with Crippen molar-refractivity contribution in [3.8, 4) is 0 Å². The second-order valence-electron chi connectivity index (χ2n) is 4.92. The molecule has 0 aliphatic carbocycles. The number of aryl methyl sites for hydroxylation is 1. The zero-order valence-electron chi connectivity index (χ0n) is 11.0. The lowest BCUT2D eigenvalue weighted by Gasteiger charge is -2.29. The SMILES string of the molecule is Cc1ccc(/C=C/C(=O)N2CCC[C@H](O)C2)cc1Cl. The van der Waals surface area contributed by atoms with Gasteiger partial charge in [0.2, 0.25) is 5.91 Å². The minimum atomic E-state index is -0.389. The van der Waals surface area contributed by atoms with Crippen LogP contribution in [0.25, 0.3) is 6.08 Å². The van der Waals surface area contributed by atoms with Crippen LogP contribution in [0.1, 0.15) is 24.0 Å². The molecule has 19 heavy (non-hydrogen) atoms. The molecule has 1 saturated heterocycles. The molecule has 0 bridgehead atoms. The maximum absolute atomic E-state index is 12.0. The molecule has 1 aromatic carbocycles.